The maximum Gasteiger partial charge on any atom is 0.141 e. The van der Waals surface area contributed by atoms with E-state index >= 15 is 0 Å². The Morgan fingerprint density at radius 1 is 1.45 bits per heavy atom. The van der Waals surface area contributed by atoms with Crippen molar-refractivity contribution in [3.63, 3.8) is 0 Å². The third-order valence-corrected chi connectivity index (χ3v) is 2.87. The fourth-order valence-corrected chi connectivity index (χ4v) is 2.27. The summed E-state index contributed by atoms with van der Waals surface area (Å²) < 4.78 is 0. The lowest BCUT2D eigenvalue weighted by molar-refractivity contribution is -0.143. The molecule has 0 aromatic carbocycles. The molecule has 1 aliphatic carbocycles. The molecule has 0 aromatic rings. The molecule has 2 unspecified atom stereocenters. The van der Waals surface area contributed by atoms with E-state index in [-0.39, 0.29) is 0 Å². The van der Waals surface area contributed by atoms with E-state index in [1.807, 2.05) is 0 Å². The Bertz CT molecular complexity index is 164. The van der Waals surface area contributed by atoms with Crippen LogP contribution in [0.4, 0.5) is 0 Å². The second kappa shape index (κ2) is 2.59. The van der Waals surface area contributed by atoms with Gasteiger partial charge in [0, 0.05) is 24.9 Å². The highest BCUT2D eigenvalue weighted by atomic mass is 16.1. The first-order valence-electron chi connectivity index (χ1n) is 4.57. The average Bonchev–Trinajstić information content (AvgIpc) is 2.05. The third kappa shape index (κ3) is 1.09. The molecule has 62 valence electrons. The van der Waals surface area contributed by atoms with E-state index in [0.29, 0.717) is 17.6 Å². The highest BCUT2D eigenvalue weighted by molar-refractivity contribution is 5.90. The van der Waals surface area contributed by atoms with E-state index in [9.17, 15) is 4.79 Å². The van der Waals surface area contributed by atoms with Crippen molar-refractivity contribution in [2.24, 2.45) is 11.8 Å². The van der Waals surface area contributed by atoms with Crippen molar-refractivity contribution in [1.82, 2.24) is 4.90 Å². The van der Waals surface area contributed by atoms with Gasteiger partial charge in [-0.25, -0.2) is 0 Å². The highest BCUT2D eigenvalue weighted by Crippen LogP contribution is 2.35. The minimum absolute atomic E-state index is 0.417. The van der Waals surface area contributed by atoms with Gasteiger partial charge in [0.05, 0.1) is 0 Å². The van der Waals surface area contributed by atoms with Gasteiger partial charge in [-0.3, -0.25) is 4.79 Å². The first-order valence-corrected chi connectivity index (χ1v) is 4.57. The molecular formula is C9H15NO. The summed E-state index contributed by atoms with van der Waals surface area (Å²) in [5.74, 6) is 1.37. The zero-order valence-corrected chi connectivity index (χ0v) is 7.05. The fraction of sp³-hybridized carbons (Fsp3) is 0.889. The highest BCUT2D eigenvalue weighted by Gasteiger charge is 2.44. The topological polar surface area (TPSA) is 20.3 Å². The first kappa shape index (κ1) is 7.29. The van der Waals surface area contributed by atoms with Gasteiger partial charge >= 0.3 is 0 Å². The summed E-state index contributed by atoms with van der Waals surface area (Å²) in [7, 11) is 0. The van der Waals surface area contributed by atoms with Gasteiger partial charge in [0.2, 0.25) is 0 Å². The van der Waals surface area contributed by atoms with E-state index in [4.69, 9.17) is 0 Å². The molecule has 2 heterocycles. The summed E-state index contributed by atoms with van der Waals surface area (Å²) in [4.78, 5) is 13.6. The molecule has 1 saturated carbocycles. The Kier molecular flexibility index (Phi) is 1.72. The smallest absolute Gasteiger partial charge is 0.141 e. The van der Waals surface area contributed by atoms with Crippen LogP contribution in [0.3, 0.4) is 0 Å². The minimum atomic E-state index is 0.417. The quantitative estimate of drug-likeness (QED) is 0.588. The maximum atomic E-state index is 11.2. The predicted octanol–water partition coefficient (Wildman–Crippen LogP) is 0.917. The van der Waals surface area contributed by atoms with Crippen molar-refractivity contribution in [2.75, 3.05) is 19.6 Å². The number of rotatable bonds is 2. The summed E-state index contributed by atoms with van der Waals surface area (Å²) in [5, 5.41) is 0. The van der Waals surface area contributed by atoms with Gasteiger partial charge in [-0.05, 0) is 19.4 Å². The molecule has 2 saturated heterocycles. The Morgan fingerprint density at radius 3 is 2.55 bits per heavy atom. The van der Waals surface area contributed by atoms with Crippen LogP contribution in [0.1, 0.15) is 19.8 Å². The Labute approximate surface area is 67.6 Å². The summed E-state index contributed by atoms with van der Waals surface area (Å²) in [6.07, 6.45) is 2.40. The number of hydrogen-bond donors (Lipinski definition) is 0. The number of piperidine rings is 2. The van der Waals surface area contributed by atoms with Gasteiger partial charge in [0.1, 0.15) is 5.78 Å². The van der Waals surface area contributed by atoms with E-state index in [0.717, 1.165) is 13.1 Å². The van der Waals surface area contributed by atoms with E-state index in [1.54, 1.807) is 0 Å². The summed E-state index contributed by atoms with van der Waals surface area (Å²) >= 11 is 0. The van der Waals surface area contributed by atoms with Gasteiger partial charge in [0.15, 0.2) is 0 Å². The monoisotopic (exact) mass is 153 g/mol. The second-order valence-corrected chi connectivity index (χ2v) is 3.79. The van der Waals surface area contributed by atoms with Crippen LogP contribution in [0.2, 0.25) is 0 Å². The molecule has 0 N–H and O–H groups in total. The van der Waals surface area contributed by atoms with Crippen molar-refractivity contribution in [3.8, 4) is 0 Å². The van der Waals surface area contributed by atoms with Gasteiger partial charge in [-0.2, -0.15) is 0 Å². The van der Waals surface area contributed by atoms with Crippen LogP contribution >= 0.6 is 0 Å². The van der Waals surface area contributed by atoms with Crippen LogP contribution in [0.15, 0.2) is 0 Å². The predicted molar refractivity (Wildman–Crippen MR) is 43.3 cm³/mol. The van der Waals surface area contributed by atoms with Crippen LogP contribution in [0, 0.1) is 11.8 Å². The molecule has 0 amide bonds. The van der Waals surface area contributed by atoms with Crippen LogP contribution in [-0.4, -0.2) is 30.3 Å². The second-order valence-electron chi connectivity index (χ2n) is 3.79. The van der Waals surface area contributed by atoms with Gasteiger partial charge in [-0.15, -0.1) is 0 Å². The molecule has 0 aromatic heterocycles. The SMILES string of the molecule is CCCN1CC2CC(C1)C2=O. The van der Waals surface area contributed by atoms with E-state index in [1.165, 1.54) is 19.4 Å². The summed E-state index contributed by atoms with van der Waals surface area (Å²) in [5.41, 5.74) is 0. The Balaban J connectivity index is 1.89. The molecule has 0 radical (unpaired) electrons. The Morgan fingerprint density at radius 2 is 2.09 bits per heavy atom. The number of ketones is 1. The molecule has 11 heavy (non-hydrogen) atoms. The number of carbonyl (C=O) groups excluding carboxylic acids is 1. The van der Waals surface area contributed by atoms with Crippen LogP contribution < -0.4 is 0 Å². The van der Waals surface area contributed by atoms with Crippen molar-refractivity contribution in [3.05, 3.63) is 0 Å². The number of nitrogens with zero attached hydrogens (tertiary/aromatic N) is 1. The standard InChI is InChI=1S/C9H15NO/c1-2-3-10-5-7-4-8(6-10)9(7)11/h7-8H,2-6H2,1H3. The zero-order chi connectivity index (χ0) is 7.84. The lowest BCUT2D eigenvalue weighted by atomic mass is 9.70. The molecular weight excluding hydrogens is 138 g/mol. The molecule has 3 fully saturated rings. The van der Waals surface area contributed by atoms with Crippen molar-refractivity contribution in [2.45, 2.75) is 19.8 Å². The van der Waals surface area contributed by atoms with Crippen molar-refractivity contribution in [1.29, 1.82) is 0 Å². The zero-order valence-electron chi connectivity index (χ0n) is 7.05. The number of Topliss-reactive ketones (excluding diaryl/α,β-unsaturated/α-hetero) is 1. The molecule has 2 aliphatic heterocycles. The normalized spacial score (nSPS) is 37.0. The number of carbonyl (C=O) groups is 1. The molecule has 3 rings (SSSR count). The van der Waals surface area contributed by atoms with Gasteiger partial charge in [0.25, 0.3) is 0 Å². The molecule has 2 bridgehead atoms. The van der Waals surface area contributed by atoms with E-state index < -0.39 is 0 Å². The largest absolute Gasteiger partial charge is 0.302 e. The van der Waals surface area contributed by atoms with Crippen LogP contribution in [-0.2, 0) is 4.79 Å². The molecule has 3 aliphatic rings. The van der Waals surface area contributed by atoms with Gasteiger partial charge < -0.3 is 4.90 Å². The minimum Gasteiger partial charge on any atom is -0.302 e. The molecule has 2 atom stereocenters. The molecule has 2 nitrogen and oxygen atoms in total. The lowest BCUT2D eigenvalue weighted by Crippen LogP contribution is -2.55. The van der Waals surface area contributed by atoms with E-state index in [2.05, 4.69) is 11.8 Å². The summed E-state index contributed by atoms with van der Waals surface area (Å²) in [6, 6.07) is 0. The molecule has 0 spiro atoms. The third-order valence-electron chi connectivity index (χ3n) is 2.87. The maximum absolute atomic E-state index is 11.2. The van der Waals surface area contributed by atoms with Crippen molar-refractivity contribution >= 4 is 5.78 Å². The number of hydrogen-bond acceptors (Lipinski definition) is 2. The van der Waals surface area contributed by atoms with Crippen LogP contribution in [0.25, 0.3) is 0 Å². The first-order chi connectivity index (χ1) is 5.31. The molecule has 2 heteroatoms. The number of fused-ring (bicyclic) bond motifs is 2. The average molecular weight is 153 g/mol. The van der Waals surface area contributed by atoms with Crippen molar-refractivity contribution < 1.29 is 4.79 Å². The summed E-state index contributed by atoms with van der Waals surface area (Å²) in [6.45, 7) is 5.47. The van der Waals surface area contributed by atoms with Gasteiger partial charge in [-0.1, -0.05) is 6.92 Å². The lowest BCUT2D eigenvalue weighted by Gasteiger charge is -2.45. The fourth-order valence-electron chi connectivity index (χ4n) is 2.27. The Hall–Kier alpha value is -0.370. The van der Waals surface area contributed by atoms with Crippen LogP contribution in [0.5, 0.6) is 0 Å².